The van der Waals surface area contributed by atoms with E-state index in [1.807, 2.05) is 27.7 Å². The second-order valence-electron chi connectivity index (χ2n) is 4.28. The molecule has 0 saturated heterocycles. The third-order valence-corrected chi connectivity index (χ3v) is 3.69. The molecule has 0 aliphatic heterocycles. The number of nitrogens with one attached hydrogen (secondary N) is 1. The van der Waals surface area contributed by atoms with Crippen molar-refractivity contribution < 1.29 is 0 Å². The van der Waals surface area contributed by atoms with E-state index in [4.69, 9.17) is 28.9 Å². The van der Waals surface area contributed by atoms with Gasteiger partial charge in [0.15, 0.2) is 4.46 Å². The monoisotopic (exact) mass is 212 g/mol. The minimum atomic E-state index is -1.11. The number of likely N-dealkylation sites (N-methyl/N-ethyl adjacent to an activating group) is 1. The Hall–Kier alpha value is 0.500. The van der Waals surface area contributed by atoms with Crippen molar-refractivity contribution >= 4 is 23.2 Å². The van der Waals surface area contributed by atoms with Crippen molar-refractivity contribution in [1.29, 1.82) is 0 Å². The van der Waals surface area contributed by atoms with E-state index in [9.17, 15) is 0 Å². The van der Waals surface area contributed by atoms with E-state index in [1.165, 1.54) is 0 Å². The van der Waals surface area contributed by atoms with Crippen molar-refractivity contribution in [2.75, 3.05) is 7.05 Å². The van der Waals surface area contributed by atoms with Gasteiger partial charge in [0.05, 0.1) is 5.54 Å². The van der Waals surface area contributed by atoms with Gasteiger partial charge in [-0.1, -0.05) is 44.0 Å². The first-order valence-corrected chi connectivity index (χ1v) is 4.67. The number of hydrogen-bond donors (Lipinski definition) is 2. The summed E-state index contributed by atoms with van der Waals surface area (Å²) in [5.41, 5.74) is 5.19. The highest BCUT2D eigenvalue weighted by atomic mass is 35.5. The maximum Gasteiger partial charge on any atom is 0.186 e. The van der Waals surface area contributed by atoms with Gasteiger partial charge in [-0.2, -0.15) is 0 Å². The van der Waals surface area contributed by atoms with Crippen LogP contribution in [0.3, 0.4) is 0 Å². The summed E-state index contributed by atoms with van der Waals surface area (Å²) in [6.07, 6.45) is 0. The zero-order chi connectivity index (χ0) is 10.2. The number of rotatable bonds is 2. The average molecular weight is 213 g/mol. The first-order chi connectivity index (χ1) is 5.06. The highest BCUT2D eigenvalue weighted by Gasteiger charge is 2.49. The molecule has 12 heavy (non-hydrogen) atoms. The molecule has 2 nitrogen and oxygen atoms in total. The van der Waals surface area contributed by atoms with Gasteiger partial charge in [-0.15, -0.1) is 0 Å². The molecule has 0 aromatic heterocycles. The maximum absolute atomic E-state index is 6.06. The van der Waals surface area contributed by atoms with E-state index in [-0.39, 0.29) is 5.41 Å². The molecule has 0 heterocycles. The summed E-state index contributed by atoms with van der Waals surface area (Å²) in [6, 6.07) is 0. The average Bonchev–Trinajstić information content (AvgIpc) is 1.85. The molecule has 0 aliphatic rings. The summed E-state index contributed by atoms with van der Waals surface area (Å²) >= 11 is 12.1. The van der Waals surface area contributed by atoms with E-state index in [0.717, 1.165) is 0 Å². The molecular weight excluding hydrogens is 195 g/mol. The zero-order valence-corrected chi connectivity index (χ0v) is 9.85. The van der Waals surface area contributed by atoms with Crippen LogP contribution in [-0.4, -0.2) is 17.0 Å². The first-order valence-electron chi connectivity index (χ1n) is 3.92. The summed E-state index contributed by atoms with van der Waals surface area (Å²) in [4.78, 5) is 0. The third kappa shape index (κ3) is 2.05. The van der Waals surface area contributed by atoms with Crippen LogP contribution >= 0.6 is 23.2 Å². The van der Waals surface area contributed by atoms with E-state index < -0.39 is 10.00 Å². The van der Waals surface area contributed by atoms with Gasteiger partial charge in [0.1, 0.15) is 0 Å². The maximum atomic E-state index is 6.06. The molecule has 0 saturated carbocycles. The summed E-state index contributed by atoms with van der Waals surface area (Å²) in [6.45, 7) is 7.85. The molecule has 0 aliphatic carbocycles. The van der Waals surface area contributed by atoms with Gasteiger partial charge in [-0.05, 0) is 19.4 Å². The Morgan fingerprint density at radius 3 is 1.50 bits per heavy atom. The van der Waals surface area contributed by atoms with Crippen LogP contribution in [0.25, 0.3) is 0 Å². The molecule has 0 bridgehead atoms. The van der Waals surface area contributed by atoms with Crippen molar-refractivity contribution in [1.82, 2.24) is 5.32 Å². The standard InChI is InChI=1S/C8H18Cl2N2/c1-6(2,3)7(4,11)8(9,10)12-5/h12H,11H2,1-5H3. The minimum Gasteiger partial charge on any atom is -0.321 e. The SMILES string of the molecule is CNC(Cl)(Cl)C(C)(N)C(C)(C)C. The Bertz CT molecular complexity index is 159. The number of alkyl halides is 2. The Morgan fingerprint density at radius 1 is 1.08 bits per heavy atom. The number of hydrogen-bond acceptors (Lipinski definition) is 2. The topological polar surface area (TPSA) is 38.0 Å². The molecular formula is C8H18Cl2N2. The van der Waals surface area contributed by atoms with E-state index in [2.05, 4.69) is 5.32 Å². The second kappa shape index (κ2) is 3.33. The van der Waals surface area contributed by atoms with Crippen LogP contribution in [0.15, 0.2) is 0 Å². The van der Waals surface area contributed by atoms with Gasteiger partial charge >= 0.3 is 0 Å². The highest BCUT2D eigenvalue weighted by Crippen LogP contribution is 2.41. The summed E-state index contributed by atoms with van der Waals surface area (Å²) in [5, 5.41) is 2.79. The molecule has 1 atom stereocenters. The molecule has 0 aromatic rings. The van der Waals surface area contributed by atoms with E-state index in [0.29, 0.717) is 0 Å². The van der Waals surface area contributed by atoms with Gasteiger partial charge < -0.3 is 5.73 Å². The highest BCUT2D eigenvalue weighted by molar-refractivity contribution is 6.49. The molecule has 0 aromatic carbocycles. The van der Waals surface area contributed by atoms with Crippen molar-refractivity contribution in [3.63, 3.8) is 0 Å². The Labute approximate surface area is 84.8 Å². The normalized spacial score (nSPS) is 19.0. The summed E-state index contributed by atoms with van der Waals surface area (Å²) < 4.78 is -1.11. The van der Waals surface area contributed by atoms with Crippen LogP contribution in [0.5, 0.6) is 0 Å². The van der Waals surface area contributed by atoms with Gasteiger partial charge in [-0.3, -0.25) is 5.32 Å². The number of halogens is 2. The van der Waals surface area contributed by atoms with Gasteiger partial charge in [0.2, 0.25) is 0 Å². The van der Waals surface area contributed by atoms with Gasteiger partial charge in [0.25, 0.3) is 0 Å². The Morgan fingerprint density at radius 2 is 1.42 bits per heavy atom. The van der Waals surface area contributed by atoms with Crippen LogP contribution in [0.1, 0.15) is 27.7 Å². The molecule has 0 fully saturated rings. The van der Waals surface area contributed by atoms with Gasteiger partial charge in [-0.25, -0.2) is 0 Å². The lowest BCUT2D eigenvalue weighted by molar-refractivity contribution is 0.172. The molecule has 0 amide bonds. The molecule has 74 valence electrons. The number of nitrogens with two attached hydrogens (primary N) is 1. The van der Waals surface area contributed by atoms with Gasteiger partial charge in [0, 0.05) is 0 Å². The molecule has 0 spiro atoms. The van der Waals surface area contributed by atoms with Crippen LogP contribution in [-0.2, 0) is 0 Å². The van der Waals surface area contributed by atoms with Crippen LogP contribution < -0.4 is 11.1 Å². The quantitative estimate of drug-likeness (QED) is 0.544. The Kier molecular flexibility index (Phi) is 3.47. The lowest BCUT2D eigenvalue weighted by Crippen LogP contribution is -2.65. The van der Waals surface area contributed by atoms with Crippen molar-refractivity contribution in [3.8, 4) is 0 Å². The predicted octanol–water partition coefficient (Wildman–Crippen LogP) is 2.10. The third-order valence-electron chi connectivity index (χ3n) is 2.52. The molecule has 0 rings (SSSR count). The second-order valence-corrected chi connectivity index (χ2v) is 5.60. The van der Waals surface area contributed by atoms with Crippen molar-refractivity contribution in [2.45, 2.75) is 37.7 Å². The smallest absolute Gasteiger partial charge is 0.186 e. The largest absolute Gasteiger partial charge is 0.321 e. The summed E-state index contributed by atoms with van der Waals surface area (Å²) in [5.74, 6) is 0. The van der Waals surface area contributed by atoms with Crippen molar-refractivity contribution in [3.05, 3.63) is 0 Å². The molecule has 1 unspecified atom stereocenters. The lowest BCUT2D eigenvalue weighted by Gasteiger charge is -2.46. The molecule has 3 N–H and O–H groups in total. The molecule has 4 heteroatoms. The molecule has 0 radical (unpaired) electrons. The fourth-order valence-electron chi connectivity index (χ4n) is 0.731. The lowest BCUT2D eigenvalue weighted by atomic mass is 9.75. The van der Waals surface area contributed by atoms with E-state index >= 15 is 0 Å². The minimum absolute atomic E-state index is 0.167. The fourth-order valence-corrected chi connectivity index (χ4v) is 1.30. The van der Waals surface area contributed by atoms with Crippen LogP contribution in [0.4, 0.5) is 0 Å². The first kappa shape index (κ1) is 12.5. The predicted molar refractivity (Wildman–Crippen MR) is 55.5 cm³/mol. The van der Waals surface area contributed by atoms with Crippen molar-refractivity contribution in [2.24, 2.45) is 11.1 Å². The fraction of sp³-hybridized carbons (Fsp3) is 1.00. The summed E-state index contributed by atoms with van der Waals surface area (Å²) in [7, 11) is 1.69. The zero-order valence-electron chi connectivity index (χ0n) is 8.33. The van der Waals surface area contributed by atoms with Crippen LogP contribution in [0, 0.1) is 5.41 Å². The Balaban J connectivity index is 4.85. The van der Waals surface area contributed by atoms with Crippen LogP contribution in [0.2, 0.25) is 0 Å². The van der Waals surface area contributed by atoms with E-state index in [1.54, 1.807) is 7.05 Å².